The molecule has 0 aliphatic rings. The first-order chi connectivity index (χ1) is 11.3. The molecule has 1 atom stereocenters. The summed E-state index contributed by atoms with van der Waals surface area (Å²) in [5.41, 5.74) is 1.35. The van der Waals surface area contributed by atoms with Crippen LogP contribution in [0.2, 0.25) is 0 Å². The molecule has 0 aromatic heterocycles. The van der Waals surface area contributed by atoms with Gasteiger partial charge in [0.05, 0.1) is 7.11 Å². The van der Waals surface area contributed by atoms with Crippen molar-refractivity contribution in [3.05, 3.63) is 90.5 Å². The maximum Gasteiger partial charge on any atom is 0.118 e. The lowest BCUT2D eigenvalue weighted by molar-refractivity contribution is 0.414. The Kier molecular flexibility index (Phi) is 5.04. The Morgan fingerprint density at radius 1 is 0.696 bits per heavy atom. The zero-order valence-electron chi connectivity index (χ0n) is 13.5. The van der Waals surface area contributed by atoms with E-state index in [2.05, 4.69) is 91.9 Å². The minimum Gasteiger partial charge on any atom is -0.497 e. The number of hydrogen-bond donors (Lipinski definition) is 1. The maximum absolute atomic E-state index is 5.28. The van der Waals surface area contributed by atoms with E-state index in [0.29, 0.717) is 5.25 Å². The van der Waals surface area contributed by atoms with Crippen LogP contribution in [0.4, 0.5) is 0 Å². The van der Waals surface area contributed by atoms with Crippen LogP contribution in [0, 0.1) is 0 Å². The summed E-state index contributed by atoms with van der Waals surface area (Å²) >= 11 is 0. The van der Waals surface area contributed by atoms with Gasteiger partial charge >= 0.3 is 0 Å². The van der Waals surface area contributed by atoms with E-state index in [1.165, 1.54) is 15.4 Å². The molecule has 0 saturated carbocycles. The van der Waals surface area contributed by atoms with Crippen LogP contribution in [0.3, 0.4) is 0 Å². The van der Waals surface area contributed by atoms with Crippen molar-refractivity contribution in [1.82, 2.24) is 0 Å². The van der Waals surface area contributed by atoms with Crippen molar-refractivity contribution in [3.63, 3.8) is 0 Å². The maximum atomic E-state index is 5.28. The van der Waals surface area contributed by atoms with Gasteiger partial charge < -0.3 is 4.74 Å². The summed E-state index contributed by atoms with van der Waals surface area (Å²) < 4.78 is 5.28. The molecular formula is C21H22OS. The van der Waals surface area contributed by atoms with Crippen LogP contribution in [-0.2, 0) is 0 Å². The minimum absolute atomic E-state index is 0.443. The Bertz CT molecular complexity index is 683. The monoisotopic (exact) mass is 322 g/mol. The lowest BCUT2D eigenvalue weighted by Gasteiger charge is -2.30. The molecule has 0 heterocycles. The minimum atomic E-state index is -0.443. The molecule has 0 bridgehead atoms. The third-order valence-electron chi connectivity index (χ3n) is 4.05. The lowest BCUT2D eigenvalue weighted by Crippen LogP contribution is -1.98. The molecule has 1 nitrogen and oxygen atoms in total. The molecule has 0 spiro atoms. The molecule has 0 N–H and O–H groups in total. The Labute approximate surface area is 141 Å². The molecule has 3 aromatic rings. The van der Waals surface area contributed by atoms with Crippen molar-refractivity contribution < 1.29 is 4.74 Å². The fourth-order valence-electron chi connectivity index (χ4n) is 2.80. The van der Waals surface area contributed by atoms with E-state index < -0.39 is 10.9 Å². The number of benzene rings is 3. The van der Waals surface area contributed by atoms with Crippen molar-refractivity contribution in [3.8, 4) is 5.75 Å². The van der Waals surface area contributed by atoms with E-state index in [9.17, 15) is 0 Å². The molecule has 0 fully saturated rings. The van der Waals surface area contributed by atoms with E-state index in [4.69, 9.17) is 4.74 Å². The van der Waals surface area contributed by atoms with Gasteiger partial charge in [-0.15, -0.1) is 0 Å². The van der Waals surface area contributed by atoms with Crippen molar-refractivity contribution in [2.24, 2.45) is 0 Å². The highest BCUT2D eigenvalue weighted by molar-refractivity contribution is 8.17. The second-order valence-electron chi connectivity index (χ2n) is 5.49. The molecule has 3 rings (SSSR count). The molecule has 2 heteroatoms. The van der Waals surface area contributed by atoms with Gasteiger partial charge in [-0.25, -0.2) is 0 Å². The van der Waals surface area contributed by atoms with Crippen molar-refractivity contribution in [2.45, 2.75) is 22.0 Å². The molecule has 0 amide bonds. The second-order valence-corrected chi connectivity index (χ2v) is 8.04. The van der Waals surface area contributed by atoms with Gasteiger partial charge in [-0.1, -0.05) is 55.5 Å². The van der Waals surface area contributed by atoms with Gasteiger partial charge in [0.15, 0.2) is 0 Å². The summed E-state index contributed by atoms with van der Waals surface area (Å²) in [4.78, 5) is 2.83. The average Bonchev–Trinajstić information content (AvgIpc) is 2.64. The lowest BCUT2D eigenvalue weighted by atomic mass is 10.1. The van der Waals surface area contributed by atoms with Gasteiger partial charge in [-0.05, 0) is 51.8 Å². The summed E-state index contributed by atoms with van der Waals surface area (Å²) in [6, 6.07) is 30.2. The van der Waals surface area contributed by atoms with Crippen LogP contribution < -0.4 is 4.74 Å². The fraction of sp³-hybridized carbons (Fsp3) is 0.143. The number of thiol groups is 1. The van der Waals surface area contributed by atoms with Gasteiger partial charge in [0, 0.05) is 5.25 Å². The predicted molar refractivity (Wildman–Crippen MR) is 99.8 cm³/mol. The van der Waals surface area contributed by atoms with Gasteiger partial charge in [0.25, 0.3) is 0 Å². The Balaban J connectivity index is 2.00. The number of ether oxygens (including phenoxy) is 1. The zero-order chi connectivity index (χ0) is 16.1. The first kappa shape index (κ1) is 15.7. The molecule has 3 aromatic carbocycles. The van der Waals surface area contributed by atoms with Gasteiger partial charge in [-0.2, -0.15) is 10.9 Å². The third kappa shape index (κ3) is 3.59. The third-order valence-corrected chi connectivity index (χ3v) is 6.84. The summed E-state index contributed by atoms with van der Waals surface area (Å²) in [5, 5.41) is 0.445. The van der Waals surface area contributed by atoms with Crippen LogP contribution in [0.25, 0.3) is 0 Å². The SMILES string of the molecule is COc1ccc(C(C)[SH](c2ccccc2)c2ccccc2)cc1. The van der Waals surface area contributed by atoms with E-state index in [0.717, 1.165) is 5.75 Å². The van der Waals surface area contributed by atoms with E-state index in [-0.39, 0.29) is 0 Å². The highest BCUT2D eigenvalue weighted by Crippen LogP contribution is 2.55. The van der Waals surface area contributed by atoms with E-state index in [1.807, 2.05) is 0 Å². The smallest absolute Gasteiger partial charge is 0.118 e. The summed E-state index contributed by atoms with van der Waals surface area (Å²) in [7, 11) is 1.26. The summed E-state index contributed by atoms with van der Waals surface area (Å²) in [6.45, 7) is 2.33. The first-order valence-corrected chi connectivity index (χ1v) is 9.24. The summed E-state index contributed by atoms with van der Waals surface area (Å²) in [6.07, 6.45) is 0. The number of hydrogen-bond acceptors (Lipinski definition) is 1. The zero-order valence-corrected chi connectivity index (χ0v) is 14.4. The average molecular weight is 322 g/mol. The number of methoxy groups -OCH3 is 1. The van der Waals surface area contributed by atoms with Crippen LogP contribution >= 0.6 is 10.9 Å². The molecule has 118 valence electrons. The van der Waals surface area contributed by atoms with Crippen LogP contribution in [0.5, 0.6) is 5.75 Å². The molecule has 1 unspecified atom stereocenters. The highest BCUT2D eigenvalue weighted by atomic mass is 32.2. The largest absolute Gasteiger partial charge is 0.497 e. The van der Waals surface area contributed by atoms with E-state index in [1.54, 1.807) is 7.11 Å². The Morgan fingerprint density at radius 2 is 1.17 bits per heavy atom. The molecule has 0 radical (unpaired) electrons. The molecule has 0 saturated heterocycles. The van der Waals surface area contributed by atoms with Gasteiger partial charge in [-0.3, -0.25) is 0 Å². The Morgan fingerprint density at radius 3 is 1.61 bits per heavy atom. The summed E-state index contributed by atoms with van der Waals surface area (Å²) in [5.74, 6) is 0.907. The topological polar surface area (TPSA) is 9.23 Å². The molecule has 0 aliphatic carbocycles. The number of rotatable bonds is 5. The quantitative estimate of drug-likeness (QED) is 0.577. The normalized spacial score (nSPS) is 12.5. The van der Waals surface area contributed by atoms with Crippen LogP contribution in [-0.4, -0.2) is 7.11 Å². The first-order valence-electron chi connectivity index (χ1n) is 7.83. The molecule has 0 aliphatic heterocycles. The highest BCUT2D eigenvalue weighted by Gasteiger charge is 2.18. The standard InChI is InChI=1S/C21H22OS/c1-17(18-13-15-19(22-2)16-14-18)23(20-9-5-3-6-10-20)21-11-7-4-8-12-21/h3-17,23H,1-2H3. The van der Waals surface area contributed by atoms with Gasteiger partial charge in [0.1, 0.15) is 5.75 Å². The van der Waals surface area contributed by atoms with Crippen molar-refractivity contribution in [1.29, 1.82) is 0 Å². The van der Waals surface area contributed by atoms with Gasteiger partial charge in [0.2, 0.25) is 0 Å². The van der Waals surface area contributed by atoms with Crippen LogP contribution in [0.15, 0.2) is 94.7 Å². The molecule has 23 heavy (non-hydrogen) atoms. The van der Waals surface area contributed by atoms with Crippen molar-refractivity contribution in [2.75, 3.05) is 7.11 Å². The van der Waals surface area contributed by atoms with Crippen molar-refractivity contribution >= 4 is 10.9 Å². The van der Waals surface area contributed by atoms with E-state index >= 15 is 0 Å². The molecular weight excluding hydrogens is 300 g/mol. The second kappa shape index (κ2) is 7.38. The van der Waals surface area contributed by atoms with Crippen LogP contribution in [0.1, 0.15) is 17.7 Å². The predicted octanol–water partition coefficient (Wildman–Crippen LogP) is 5.88. The fourth-order valence-corrected chi connectivity index (χ4v) is 5.45. The Hall–Kier alpha value is -2.19.